The van der Waals surface area contributed by atoms with Gasteiger partial charge in [0.1, 0.15) is 9.84 Å². The molecule has 1 aliphatic rings. The van der Waals surface area contributed by atoms with Gasteiger partial charge in [0.05, 0.1) is 11.5 Å². The molecule has 0 radical (unpaired) electrons. The van der Waals surface area contributed by atoms with Crippen LogP contribution in [0.4, 0.5) is 0 Å². The minimum atomic E-state index is -2.98. The molecule has 0 spiro atoms. The summed E-state index contributed by atoms with van der Waals surface area (Å²) in [7, 11) is -2.98. The van der Waals surface area contributed by atoms with Crippen molar-refractivity contribution in [3.63, 3.8) is 0 Å². The summed E-state index contributed by atoms with van der Waals surface area (Å²) in [5.74, 6) is -1.71. The van der Waals surface area contributed by atoms with Crippen LogP contribution in [-0.4, -0.2) is 42.2 Å². The molecule has 1 fully saturated rings. The lowest BCUT2D eigenvalue weighted by Crippen LogP contribution is -2.35. The van der Waals surface area contributed by atoms with Gasteiger partial charge >= 0.3 is 5.97 Å². The summed E-state index contributed by atoms with van der Waals surface area (Å²) < 4.78 is 21.9. The zero-order chi connectivity index (χ0) is 10.1. The molecule has 76 valence electrons. The molecular weight excluding hydrogens is 196 g/mol. The van der Waals surface area contributed by atoms with Crippen LogP contribution in [0.1, 0.15) is 12.8 Å². The Hall–Kier alpha value is -0.620. The van der Waals surface area contributed by atoms with Gasteiger partial charge in [0.15, 0.2) is 6.10 Å². The van der Waals surface area contributed by atoms with Crippen LogP contribution in [-0.2, 0) is 14.6 Å². The number of carboxylic acid groups (broad SMARTS) is 1. The van der Waals surface area contributed by atoms with E-state index in [1.165, 1.54) is 0 Å². The lowest BCUT2D eigenvalue weighted by atomic mass is 9.96. The lowest BCUT2D eigenvalue weighted by Gasteiger charge is -2.23. The van der Waals surface area contributed by atoms with Crippen LogP contribution in [0, 0.1) is 5.92 Å². The van der Waals surface area contributed by atoms with E-state index in [0.717, 1.165) is 0 Å². The van der Waals surface area contributed by atoms with Crippen LogP contribution in [0.2, 0.25) is 0 Å². The minimum Gasteiger partial charge on any atom is -0.479 e. The molecule has 0 aliphatic carbocycles. The quantitative estimate of drug-likeness (QED) is 0.623. The normalized spacial score (nSPS) is 25.3. The number of aliphatic hydroxyl groups excluding tert-OH is 1. The first-order valence-corrected chi connectivity index (χ1v) is 5.86. The number of hydrogen-bond donors (Lipinski definition) is 2. The van der Waals surface area contributed by atoms with Crippen molar-refractivity contribution in [2.45, 2.75) is 18.9 Å². The molecule has 0 aromatic heterocycles. The van der Waals surface area contributed by atoms with E-state index >= 15 is 0 Å². The molecular formula is C7H12O5S. The van der Waals surface area contributed by atoms with E-state index in [1.54, 1.807) is 0 Å². The van der Waals surface area contributed by atoms with Crippen LogP contribution in [0.25, 0.3) is 0 Å². The van der Waals surface area contributed by atoms with Crippen molar-refractivity contribution in [2.75, 3.05) is 11.5 Å². The van der Waals surface area contributed by atoms with Gasteiger partial charge in [0, 0.05) is 0 Å². The average molecular weight is 208 g/mol. The number of aliphatic carboxylic acids is 1. The fraction of sp³-hybridized carbons (Fsp3) is 0.857. The molecule has 0 aromatic rings. The molecule has 13 heavy (non-hydrogen) atoms. The number of sulfone groups is 1. The molecule has 1 heterocycles. The Balaban J connectivity index is 2.55. The van der Waals surface area contributed by atoms with Crippen molar-refractivity contribution in [1.29, 1.82) is 0 Å². The van der Waals surface area contributed by atoms with E-state index in [4.69, 9.17) is 10.2 Å². The largest absolute Gasteiger partial charge is 0.479 e. The highest BCUT2D eigenvalue weighted by atomic mass is 32.2. The third-order valence-electron chi connectivity index (χ3n) is 2.30. The van der Waals surface area contributed by atoms with E-state index in [-0.39, 0.29) is 24.3 Å². The van der Waals surface area contributed by atoms with E-state index in [0.29, 0.717) is 0 Å². The minimum absolute atomic E-state index is 0.0119. The van der Waals surface area contributed by atoms with Crippen LogP contribution < -0.4 is 0 Å². The Kier molecular flexibility index (Phi) is 2.92. The molecule has 2 N–H and O–H groups in total. The maximum atomic E-state index is 11.0. The first kappa shape index (κ1) is 10.5. The summed E-state index contributed by atoms with van der Waals surface area (Å²) >= 11 is 0. The van der Waals surface area contributed by atoms with Gasteiger partial charge < -0.3 is 10.2 Å². The van der Waals surface area contributed by atoms with Crippen LogP contribution in [0.3, 0.4) is 0 Å². The van der Waals surface area contributed by atoms with Crippen LogP contribution >= 0.6 is 0 Å². The number of rotatable bonds is 2. The first-order valence-electron chi connectivity index (χ1n) is 4.04. The molecule has 0 bridgehead atoms. The summed E-state index contributed by atoms with van der Waals surface area (Å²) in [6.07, 6.45) is -0.929. The Labute approximate surface area is 76.3 Å². The van der Waals surface area contributed by atoms with Gasteiger partial charge in [-0.3, -0.25) is 0 Å². The standard InChI is InChI=1S/C7H12O5S/c8-6(7(9)10)5-1-3-13(11,12)4-2-5/h5-6,8H,1-4H2,(H,9,10). The Morgan fingerprint density at radius 2 is 1.77 bits per heavy atom. The predicted octanol–water partition coefficient (Wildman–Crippen LogP) is -0.743. The maximum absolute atomic E-state index is 11.0. The van der Waals surface area contributed by atoms with Gasteiger partial charge in [-0.25, -0.2) is 13.2 Å². The second-order valence-electron chi connectivity index (χ2n) is 3.27. The molecule has 1 saturated heterocycles. The van der Waals surface area contributed by atoms with Crippen molar-refractivity contribution in [3.05, 3.63) is 0 Å². The SMILES string of the molecule is O=C(O)C(O)C1CCS(=O)(=O)CC1. The number of carbonyl (C=O) groups is 1. The third-order valence-corrected chi connectivity index (χ3v) is 4.01. The van der Waals surface area contributed by atoms with Crippen molar-refractivity contribution >= 4 is 15.8 Å². The molecule has 6 heteroatoms. The maximum Gasteiger partial charge on any atom is 0.332 e. The Morgan fingerprint density at radius 3 is 2.15 bits per heavy atom. The molecule has 5 nitrogen and oxygen atoms in total. The van der Waals surface area contributed by atoms with Gasteiger partial charge in [-0.05, 0) is 18.8 Å². The van der Waals surface area contributed by atoms with Crippen LogP contribution in [0.15, 0.2) is 0 Å². The molecule has 1 unspecified atom stereocenters. The molecule has 1 aliphatic heterocycles. The van der Waals surface area contributed by atoms with E-state index in [1.807, 2.05) is 0 Å². The Morgan fingerprint density at radius 1 is 1.31 bits per heavy atom. The van der Waals surface area contributed by atoms with Crippen molar-refractivity contribution in [3.8, 4) is 0 Å². The fourth-order valence-electron chi connectivity index (χ4n) is 1.43. The van der Waals surface area contributed by atoms with Gasteiger partial charge in [-0.2, -0.15) is 0 Å². The number of carboxylic acids is 1. The number of hydrogen-bond acceptors (Lipinski definition) is 4. The van der Waals surface area contributed by atoms with Crippen LogP contribution in [0.5, 0.6) is 0 Å². The highest BCUT2D eigenvalue weighted by molar-refractivity contribution is 7.91. The molecule has 0 aromatic carbocycles. The second kappa shape index (κ2) is 3.63. The van der Waals surface area contributed by atoms with Gasteiger partial charge in [-0.15, -0.1) is 0 Å². The van der Waals surface area contributed by atoms with E-state index in [9.17, 15) is 13.2 Å². The third kappa shape index (κ3) is 2.67. The lowest BCUT2D eigenvalue weighted by molar-refractivity contribution is -0.149. The summed E-state index contributed by atoms with van der Waals surface area (Å²) in [6, 6.07) is 0. The predicted molar refractivity (Wildman–Crippen MR) is 45.0 cm³/mol. The average Bonchev–Trinajstić information content (AvgIpc) is 2.03. The van der Waals surface area contributed by atoms with Gasteiger partial charge in [0.2, 0.25) is 0 Å². The smallest absolute Gasteiger partial charge is 0.332 e. The van der Waals surface area contributed by atoms with Crippen molar-refractivity contribution < 1.29 is 23.4 Å². The first-order chi connectivity index (χ1) is 5.92. The zero-order valence-corrected chi connectivity index (χ0v) is 7.83. The topological polar surface area (TPSA) is 91.7 Å². The second-order valence-corrected chi connectivity index (χ2v) is 5.58. The molecule has 1 atom stereocenters. The Bertz CT molecular complexity index is 280. The molecule has 0 amide bonds. The van der Waals surface area contributed by atoms with Gasteiger partial charge in [-0.1, -0.05) is 0 Å². The highest BCUT2D eigenvalue weighted by Gasteiger charge is 2.31. The summed E-state index contributed by atoms with van der Waals surface area (Å²) in [5, 5.41) is 17.6. The number of aliphatic hydroxyl groups is 1. The fourth-order valence-corrected chi connectivity index (χ4v) is 2.95. The monoisotopic (exact) mass is 208 g/mol. The zero-order valence-electron chi connectivity index (χ0n) is 7.01. The summed E-state index contributed by atoms with van der Waals surface area (Å²) in [5.41, 5.74) is 0. The van der Waals surface area contributed by atoms with E-state index in [2.05, 4.69) is 0 Å². The van der Waals surface area contributed by atoms with Crippen molar-refractivity contribution in [2.24, 2.45) is 5.92 Å². The van der Waals surface area contributed by atoms with Gasteiger partial charge in [0.25, 0.3) is 0 Å². The summed E-state index contributed by atoms with van der Waals surface area (Å²) in [4.78, 5) is 10.4. The summed E-state index contributed by atoms with van der Waals surface area (Å²) in [6.45, 7) is 0. The molecule has 0 saturated carbocycles. The van der Waals surface area contributed by atoms with Crippen molar-refractivity contribution in [1.82, 2.24) is 0 Å². The van der Waals surface area contributed by atoms with E-state index < -0.39 is 27.8 Å². The highest BCUT2D eigenvalue weighted by Crippen LogP contribution is 2.22. The molecule has 1 rings (SSSR count).